The maximum atomic E-state index is 13.0. The van der Waals surface area contributed by atoms with Gasteiger partial charge in [-0.2, -0.15) is 0 Å². The lowest BCUT2D eigenvalue weighted by molar-refractivity contribution is 0.0531. The summed E-state index contributed by atoms with van der Waals surface area (Å²) in [6.07, 6.45) is 0. The largest absolute Gasteiger partial charge is 0.462 e. The zero-order valence-electron chi connectivity index (χ0n) is 12.6. The van der Waals surface area contributed by atoms with E-state index in [1.165, 1.54) is 23.5 Å². The van der Waals surface area contributed by atoms with Crippen LogP contribution in [0.25, 0.3) is 21.6 Å². The smallest absolute Gasteiger partial charge is 0.348 e. The van der Waals surface area contributed by atoms with E-state index in [9.17, 15) is 9.18 Å². The van der Waals surface area contributed by atoms with Gasteiger partial charge in [-0.05, 0) is 43.7 Å². The Morgan fingerprint density at radius 1 is 1.30 bits per heavy atom. The lowest BCUT2D eigenvalue weighted by atomic mass is 10.2. The van der Waals surface area contributed by atoms with Crippen molar-refractivity contribution in [3.05, 3.63) is 40.5 Å². The summed E-state index contributed by atoms with van der Waals surface area (Å²) in [5.74, 6) is -0.0413. The van der Waals surface area contributed by atoms with Crippen LogP contribution < -0.4 is 5.73 Å². The fraction of sp³-hybridized carbons (Fsp3) is 0.188. The first kappa shape index (κ1) is 15.4. The van der Waals surface area contributed by atoms with E-state index in [1.807, 2.05) is 0 Å². The van der Waals surface area contributed by atoms with E-state index < -0.39 is 5.97 Å². The van der Waals surface area contributed by atoms with Crippen molar-refractivity contribution in [2.24, 2.45) is 0 Å². The number of fused-ring (bicyclic) bond motifs is 1. The number of halogens is 1. The van der Waals surface area contributed by atoms with Crippen LogP contribution in [-0.4, -0.2) is 22.5 Å². The molecule has 0 fully saturated rings. The number of ether oxygens (including phenoxy) is 1. The molecule has 23 heavy (non-hydrogen) atoms. The normalized spacial score (nSPS) is 10.9. The fourth-order valence-corrected chi connectivity index (χ4v) is 3.37. The van der Waals surface area contributed by atoms with Crippen LogP contribution in [-0.2, 0) is 4.74 Å². The van der Waals surface area contributed by atoms with Crippen LogP contribution in [0.3, 0.4) is 0 Å². The molecule has 7 heteroatoms. The van der Waals surface area contributed by atoms with E-state index in [-0.39, 0.29) is 5.82 Å². The van der Waals surface area contributed by atoms with Crippen LogP contribution in [0.5, 0.6) is 0 Å². The number of nitrogen functional groups attached to an aromatic ring is 1. The van der Waals surface area contributed by atoms with Crippen LogP contribution in [0.2, 0.25) is 0 Å². The second-order valence-electron chi connectivity index (χ2n) is 4.90. The first-order chi connectivity index (χ1) is 11.0. The minimum absolute atomic E-state index is 0.290. The van der Waals surface area contributed by atoms with Gasteiger partial charge in [0.15, 0.2) is 5.82 Å². The van der Waals surface area contributed by atoms with Crippen LogP contribution in [0.1, 0.15) is 22.2 Å². The summed E-state index contributed by atoms with van der Waals surface area (Å²) in [6.45, 7) is 3.85. The van der Waals surface area contributed by atoms with Gasteiger partial charge in [0.1, 0.15) is 21.3 Å². The van der Waals surface area contributed by atoms with Gasteiger partial charge in [0.2, 0.25) is 0 Å². The monoisotopic (exact) mass is 331 g/mol. The molecule has 0 atom stereocenters. The van der Waals surface area contributed by atoms with Crippen LogP contribution >= 0.6 is 11.3 Å². The summed E-state index contributed by atoms with van der Waals surface area (Å²) >= 11 is 1.22. The summed E-state index contributed by atoms with van der Waals surface area (Å²) in [5, 5.41) is 0.656. The molecule has 2 N–H and O–H groups in total. The van der Waals surface area contributed by atoms with E-state index in [2.05, 4.69) is 9.97 Å². The zero-order valence-corrected chi connectivity index (χ0v) is 13.4. The van der Waals surface area contributed by atoms with Gasteiger partial charge in [0, 0.05) is 5.56 Å². The highest BCUT2D eigenvalue weighted by atomic mass is 32.1. The molecular formula is C16H14FN3O2S. The summed E-state index contributed by atoms with van der Waals surface area (Å²) < 4.78 is 18.1. The fourth-order valence-electron chi connectivity index (χ4n) is 2.29. The molecule has 5 nitrogen and oxygen atoms in total. The molecule has 0 amide bonds. The van der Waals surface area contributed by atoms with Gasteiger partial charge >= 0.3 is 5.97 Å². The molecule has 0 saturated heterocycles. The van der Waals surface area contributed by atoms with E-state index in [0.717, 1.165) is 0 Å². The Morgan fingerprint density at radius 2 is 2.00 bits per heavy atom. The summed E-state index contributed by atoms with van der Waals surface area (Å²) in [6, 6.07) is 5.84. The number of hydrogen-bond acceptors (Lipinski definition) is 6. The number of aryl methyl sites for hydroxylation is 1. The van der Waals surface area contributed by atoms with Crippen molar-refractivity contribution >= 4 is 33.3 Å². The van der Waals surface area contributed by atoms with Crippen molar-refractivity contribution in [1.82, 2.24) is 9.97 Å². The average Bonchev–Trinajstić information content (AvgIpc) is 2.86. The van der Waals surface area contributed by atoms with Crippen molar-refractivity contribution in [1.29, 1.82) is 0 Å². The third-order valence-corrected chi connectivity index (χ3v) is 4.55. The predicted octanol–water partition coefficient (Wildman–Crippen LogP) is 3.56. The van der Waals surface area contributed by atoms with Gasteiger partial charge in [0.25, 0.3) is 0 Å². The minimum Gasteiger partial charge on any atom is -0.462 e. The predicted molar refractivity (Wildman–Crippen MR) is 87.9 cm³/mol. The average molecular weight is 331 g/mol. The molecule has 0 aliphatic rings. The Hall–Kier alpha value is -2.54. The SMILES string of the molecule is CCOC(=O)c1sc2nc(-c3ccc(F)cc3)nc(N)c2c1C. The molecule has 0 bridgehead atoms. The molecule has 2 aromatic heterocycles. The Labute approximate surface area is 135 Å². The Kier molecular flexibility index (Phi) is 3.96. The lowest BCUT2D eigenvalue weighted by Gasteiger charge is -2.03. The van der Waals surface area contributed by atoms with Crippen molar-refractivity contribution in [2.45, 2.75) is 13.8 Å². The highest BCUT2D eigenvalue weighted by Crippen LogP contribution is 2.34. The number of nitrogens with two attached hydrogens (primary N) is 1. The molecule has 0 radical (unpaired) electrons. The highest BCUT2D eigenvalue weighted by Gasteiger charge is 2.20. The summed E-state index contributed by atoms with van der Waals surface area (Å²) in [7, 11) is 0. The number of rotatable bonds is 3. The second kappa shape index (κ2) is 5.92. The van der Waals surface area contributed by atoms with E-state index >= 15 is 0 Å². The molecular weight excluding hydrogens is 317 g/mol. The number of hydrogen-bond donors (Lipinski definition) is 1. The lowest BCUT2D eigenvalue weighted by Crippen LogP contribution is -2.03. The van der Waals surface area contributed by atoms with Crippen molar-refractivity contribution < 1.29 is 13.9 Å². The third kappa shape index (κ3) is 2.75. The molecule has 118 valence electrons. The second-order valence-corrected chi connectivity index (χ2v) is 5.90. The number of nitrogens with zero attached hydrogens (tertiary/aromatic N) is 2. The van der Waals surface area contributed by atoms with Gasteiger partial charge in [0.05, 0.1) is 12.0 Å². The molecule has 0 aliphatic carbocycles. The number of aromatic nitrogens is 2. The molecule has 0 saturated carbocycles. The van der Waals surface area contributed by atoms with Crippen LogP contribution in [0, 0.1) is 12.7 Å². The molecule has 0 unspecified atom stereocenters. The first-order valence-electron chi connectivity index (χ1n) is 7.01. The van der Waals surface area contributed by atoms with E-state index in [4.69, 9.17) is 10.5 Å². The Morgan fingerprint density at radius 3 is 2.65 bits per heavy atom. The van der Waals surface area contributed by atoms with Crippen molar-refractivity contribution in [3.8, 4) is 11.4 Å². The molecule has 2 heterocycles. The zero-order chi connectivity index (χ0) is 16.6. The van der Waals surface area contributed by atoms with Gasteiger partial charge < -0.3 is 10.5 Å². The number of thiophene rings is 1. The maximum absolute atomic E-state index is 13.0. The van der Waals surface area contributed by atoms with Gasteiger partial charge in [-0.25, -0.2) is 19.2 Å². The van der Waals surface area contributed by atoms with E-state index in [1.54, 1.807) is 26.0 Å². The van der Waals surface area contributed by atoms with Gasteiger partial charge in [-0.3, -0.25) is 0 Å². The molecule has 3 rings (SSSR count). The molecule has 3 aromatic rings. The minimum atomic E-state index is -0.393. The summed E-state index contributed by atoms with van der Waals surface area (Å²) in [5.41, 5.74) is 7.41. The number of carbonyl (C=O) groups excluding carboxylic acids is 1. The molecule has 0 spiro atoms. The molecule has 0 aliphatic heterocycles. The van der Waals surface area contributed by atoms with Crippen molar-refractivity contribution in [2.75, 3.05) is 12.3 Å². The van der Waals surface area contributed by atoms with E-state index in [0.29, 0.717) is 44.5 Å². The maximum Gasteiger partial charge on any atom is 0.348 e. The van der Waals surface area contributed by atoms with Crippen molar-refractivity contribution in [3.63, 3.8) is 0 Å². The standard InChI is InChI=1S/C16H14FN3O2S/c1-3-22-16(21)12-8(2)11-13(18)19-14(20-15(11)23-12)9-4-6-10(17)7-5-9/h4-7H,3H2,1-2H3,(H2,18,19,20). The third-order valence-electron chi connectivity index (χ3n) is 3.38. The van der Waals surface area contributed by atoms with Crippen LogP contribution in [0.15, 0.2) is 24.3 Å². The Balaban J connectivity index is 2.15. The number of carbonyl (C=O) groups is 1. The summed E-state index contributed by atoms with van der Waals surface area (Å²) in [4.78, 5) is 21.8. The Bertz CT molecular complexity index is 890. The van der Waals surface area contributed by atoms with Crippen LogP contribution in [0.4, 0.5) is 10.2 Å². The number of benzene rings is 1. The molecule has 1 aromatic carbocycles. The van der Waals surface area contributed by atoms with Gasteiger partial charge in [-0.1, -0.05) is 0 Å². The topological polar surface area (TPSA) is 78.1 Å². The number of esters is 1. The quantitative estimate of drug-likeness (QED) is 0.742. The highest BCUT2D eigenvalue weighted by molar-refractivity contribution is 7.20. The van der Waals surface area contributed by atoms with Gasteiger partial charge in [-0.15, -0.1) is 11.3 Å². The number of anilines is 1. The first-order valence-corrected chi connectivity index (χ1v) is 7.82.